The zero-order valence-electron chi connectivity index (χ0n) is 7.03. The van der Waals surface area contributed by atoms with E-state index < -0.39 is 12.6 Å². The lowest BCUT2D eigenvalue weighted by atomic mass is 10.2. The van der Waals surface area contributed by atoms with Crippen LogP contribution in [-0.4, -0.2) is 17.7 Å². The van der Waals surface area contributed by atoms with Gasteiger partial charge in [-0.25, -0.2) is 4.79 Å². The zero-order chi connectivity index (χ0) is 10.6. The number of hydrogen-bond donors (Lipinski definition) is 1. The highest BCUT2D eigenvalue weighted by Gasteiger charge is 2.03. The molecule has 0 fully saturated rings. The highest BCUT2D eigenvalue weighted by Crippen LogP contribution is 2.21. The second-order valence-corrected chi connectivity index (χ2v) is 2.84. The fraction of sp³-hybridized carbons (Fsp3) is 0.111. The number of carboxylic acid groups (broad SMARTS) is 1. The van der Waals surface area contributed by atoms with Crippen LogP contribution in [0.15, 0.2) is 18.2 Å². The van der Waals surface area contributed by atoms with E-state index in [2.05, 4.69) is 0 Å². The van der Waals surface area contributed by atoms with Gasteiger partial charge < -0.3 is 9.84 Å². The first-order chi connectivity index (χ1) is 6.63. The van der Waals surface area contributed by atoms with Gasteiger partial charge in [-0.2, -0.15) is 5.26 Å². The Labute approximate surface area is 85.3 Å². The molecule has 0 aliphatic heterocycles. The molecule has 0 atom stereocenters. The summed E-state index contributed by atoms with van der Waals surface area (Å²) in [6.07, 6.45) is 0. The molecular weight excluding hydrogens is 206 g/mol. The molecule has 0 bridgehead atoms. The summed E-state index contributed by atoms with van der Waals surface area (Å²) in [4.78, 5) is 10.2. The van der Waals surface area contributed by atoms with Crippen molar-refractivity contribution in [2.45, 2.75) is 0 Å². The molecule has 0 aliphatic carbocycles. The summed E-state index contributed by atoms with van der Waals surface area (Å²) in [5, 5.41) is 17.3. The lowest BCUT2D eigenvalue weighted by Crippen LogP contribution is -2.09. The Kier molecular flexibility index (Phi) is 3.32. The molecule has 1 N–H and O–H groups in total. The van der Waals surface area contributed by atoms with Crippen molar-refractivity contribution in [3.63, 3.8) is 0 Å². The van der Waals surface area contributed by atoms with E-state index in [9.17, 15) is 4.79 Å². The van der Waals surface area contributed by atoms with E-state index in [1.807, 2.05) is 6.07 Å². The van der Waals surface area contributed by atoms with Crippen molar-refractivity contribution in [1.82, 2.24) is 0 Å². The predicted molar refractivity (Wildman–Crippen MR) is 49.3 cm³/mol. The van der Waals surface area contributed by atoms with Gasteiger partial charge in [0, 0.05) is 0 Å². The van der Waals surface area contributed by atoms with Gasteiger partial charge in [-0.05, 0) is 18.2 Å². The third-order valence-corrected chi connectivity index (χ3v) is 1.75. The minimum absolute atomic E-state index is 0.259. The lowest BCUT2D eigenvalue weighted by molar-refractivity contribution is -0.139. The van der Waals surface area contributed by atoms with E-state index in [-0.39, 0.29) is 5.56 Å². The quantitative estimate of drug-likeness (QED) is 0.826. The minimum atomic E-state index is -1.07. The Hall–Kier alpha value is -1.73. The van der Waals surface area contributed by atoms with Gasteiger partial charge in [-0.3, -0.25) is 0 Å². The molecule has 0 spiro atoms. The number of nitriles is 1. The standard InChI is InChI=1S/C9H6ClNO3/c10-8-2-1-7(3-6(8)4-11)14-5-9(12)13/h1-3H,5H2,(H,12,13). The van der Waals surface area contributed by atoms with E-state index in [0.717, 1.165) is 0 Å². The topological polar surface area (TPSA) is 70.3 Å². The number of benzene rings is 1. The van der Waals surface area contributed by atoms with Crippen LogP contribution < -0.4 is 4.74 Å². The van der Waals surface area contributed by atoms with Crippen molar-refractivity contribution in [2.24, 2.45) is 0 Å². The second-order valence-electron chi connectivity index (χ2n) is 2.44. The molecule has 1 aromatic carbocycles. The number of hydrogen-bond acceptors (Lipinski definition) is 3. The van der Waals surface area contributed by atoms with Crippen molar-refractivity contribution in [2.75, 3.05) is 6.61 Å². The van der Waals surface area contributed by atoms with E-state index in [4.69, 9.17) is 26.7 Å². The summed E-state index contributed by atoms with van der Waals surface area (Å²) in [5.74, 6) is -0.758. The van der Waals surface area contributed by atoms with Crippen LogP contribution in [0.1, 0.15) is 5.56 Å². The van der Waals surface area contributed by atoms with Crippen LogP contribution in [0.3, 0.4) is 0 Å². The SMILES string of the molecule is N#Cc1cc(OCC(=O)O)ccc1Cl. The smallest absolute Gasteiger partial charge is 0.341 e. The number of aliphatic carboxylic acids is 1. The van der Waals surface area contributed by atoms with Crippen LogP contribution in [-0.2, 0) is 4.79 Å². The molecule has 1 aromatic rings. The number of ether oxygens (including phenoxy) is 1. The van der Waals surface area contributed by atoms with Gasteiger partial charge in [0.2, 0.25) is 0 Å². The van der Waals surface area contributed by atoms with Crippen molar-refractivity contribution in [1.29, 1.82) is 5.26 Å². The maximum absolute atomic E-state index is 10.2. The molecule has 0 heterocycles. The van der Waals surface area contributed by atoms with Gasteiger partial charge >= 0.3 is 5.97 Å². The second kappa shape index (κ2) is 4.49. The maximum Gasteiger partial charge on any atom is 0.341 e. The Morgan fingerprint density at radius 2 is 2.36 bits per heavy atom. The van der Waals surface area contributed by atoms with Gasteiger partial charge in [0.1, 0.15) is 11.8 Å². The number of rotatable bonds is 3. The van der Waals surface area contributed by atoms with Crippen molar-refractivity contribution < 1.29 is 14.6 Å². The highest BCUT2D eigenvalue weighted by atomic mass is 35.5. The molecule has 0 aromatic heterocycles. The number of carboxylic acids is 1. The first kappa shape index (κ1) is 10.4. The third-order valence-electron chi connectivity index (χ3n) is 1.42. The first-order valence-electron chi connectivity index (χ1n) is 3.67. The van der Waals surface area contributed by atoms with E-state index in [1.54, 1.807) is 0 Å². The van der Waals surface area contributed by atoms with Gasteiger partial charge in [0.15, 0.2) is 6.61 Å². The summed E-state index contributed by atoms with van der Waals surface area (Å²) in [6.45, 7) is -0.438. The van der Waals surface area contributed by atoms with Crippen LogP contribution >= 0.6 is 11.6 Å². The van der Waals surface area contributed by atoms with Gasteiger partial charge in [-0.1, -0.05) is 11.6 Å². The molecule has 0 saturated heterocycles. The molecule has 72 valence electrons. The molecule has 0 aliphatic rings. The molecule has 1 rings (SSSR count). The fourth-order valence-corrected chi connectivity index (χ4v) is 0.985. The number of nitrogens with zero attached hydrogens (tertiary/aromatic N) is 1. The fourth-order valence-electron chi connectivity index (χ4n) is 0.825. The van der Waals surface area contributed by atoms with E-state index in [1.165, 1.54) is 18.2 Å². The van der Waals surface area contributed by atoms with Crippen molar-refractivity contribution in [3.05, 3.63) is 28.8 Å². The zero-order valence-corrected chi connectivity index (χ0v) is 7.78. The molecule has 0 amide bonds. The monoisotopic (exact) mass is 211 g/mol. The largest absolute Gasteiger partial charge is 0.482 e. The van der Waals surface area contributed by atoms with Gasteiger partial charge in [-0.15, -0.1) is 0 Å². The third kappa shape index (κ3) is 2.64. The van der Waals surface area contributed by atoms with Crippen LogP contribution in [0, 0.1) is 11.3 Å². The van der Waals surface area contributed by atoms with Crippen molar-refractivity contribution >= 4 is 17.6 Å². The minimum Gasteiger partial charge on any atom is -0.482 e. The van der Waals surface area contributed by atoms with Crippen LogP contribution in [0.2, 0.25) is 5.02 Å². The van der Waals surface area contributed by atoms with E-state index in [0.29, 0.717) is 10.8 Å². The Balaban J connectivity index is 2.80. The molecule has 14 heavy (non-hydrogen) atoms. The molecular formula is C9H6ClNO3. The van der Waals surface area contributed by atoms with Crippen LogP contribution in [0.25, 0.3) is 0 Å². The Bertz CT molecular complexity index is 398. The number of halogens is 1. The average Bonchev–Trinajstić information content (AvgIpc) is 2.16. The van der Waals surface area contributed by atoms with Gasteiger partial charge in [0.25, 0.3) is 0 Å². The Morgan fingerprint density at radius 1 is 1.64 bits per heavy atom. The molecule has 0 unspecified atom stereocenters. The van der Waals surface area contributed by atoms with Crippen molar-refractivity contribution in [3.8, 4) is 11.8 Å². The van der Waals surface area contributed by atoms with Crippen LogP contribution in [0.5, 0.6) is 5.75 Å². The molecule has 4 nitrogen and oxygen atoms in total. The summed E-state index contributed by atoms with van der Waals surface area (Å²) >= 11 is 5.66. The first-order valence-corrected chi connectivity index (χ1v) is 4.05. The number of carbonyl (C=O) groups is 1. The summed E-state index contributed by atoms with van der Waals surface area (Å²) in [5.41, 5.74) is 0.259. The van der Waals surface area contributed by atoms with Crippen LogP contribution in [0.4, 0.5) is 0 Å². The lowest BCUT2D eigenvalue weighted by Gasteiger charge is -2.03. The summed E-state index contributed by atoms with van der Waals surface area (Å²) in [7, 11) is 0. The average molecular weight is 212 g/mol. The van der Waals surface area contributed by atoms with Gasteiger partial charge in [0.05, 0.1) is 10.6 Å². The van der Waals surface area contributed by atoms with E-state index >= 15 is 0 Å². The highest BCUT2D eigenvalue weighted by molar-refractivity contribution is 6.31. The molecule has 5 heteroatoms. The molecule has 0 radical (unpaired) electrons. The summed E-state index contributed by atoms with van der Waals surface area (Å²) in [6, 6.07) is 6.25. The Morgan fingerprint density at radius 3 is 2.93 bits per heavy atom. The normalized spacial score (nSPS) is 9.14. The molecule has 0 saturated carbocycles. The summed E-state index contributed by atoms with van der Waals surface area (Å²) < 4.78 is 4.86. The maximum atomic E-state index is 10.2. The predicted octanol–water partition coefficient (Wildman–Crippen LogP) is 1.68.